The first-order valence-corrected chi connectivity index (χ1v) is 5.25. The number of nitrogens with two attached hydrogens (primary N) is 1. The van der Waals surface area contributed by atoms with Crippen LogP contribution in [0.4, 0.5) is 5.82 Å². The van der Waals surface area contributed by atoms with Crippen LogP contribution in [-0.4, -0.2) is 21.3 Å². The predicted octanol–water partition coefficient (Wildman–Crippen LogP) is 0.848. The number of benzene rings is 1. The number of carbonyl (C=O) groups is 1. The Morgan fingerprint density at radius 2 is 2.28 bits per heavy atom. The zero-order valence-electron chi connectivity index (χ0n) is 9.62. The second kappa shape index (κ2) is 4.74. The number of amides is 1. The van der Waals surface area contributed by atoms with Crippen molar-refractivity contribution >= 4 is 11.7 Å². The van der Waals surface area contributed by atoms with Crippen molar-refractivity contribution in [2.75, 3.05) is 5.73 Å². The van der Waals surface area contributed by atoms with Crippen molar-refractivity contribution in [3.8, 4) is 5.75 Å². The molecule has 1 heterocycles. The number of phenolic OH excluding ortho intramolecular Hbond substituents is 1. The number of hydrogen-bond acceptors (Lipinski definition) is 6. The zero-order chi connectivity index (χ0) is 13.1. The van der Waals surface area contributed by atoms with Crippen LogP contribution in [0.2, 0.25) is 0 Å². The number of aromatic hydroxyl groups is 1. The fourth-order valence-corrected chi connectivity index (χ4v) is 1.50. The molecule has 94 valence electrons. The van der Waals surface area contributed by atoms with Gasteiger partial charge in [0.05, 0.1) is 6.04 Å². The predicted molar refractivity (Wildman–Crippen MR) is 62.7 cm³/mol. The number of anilines is 1. The fraction of sp³-hybridized carbons (Fsp3) is 0.182. The maximum Gasteiger partial charge on any atom is 0.277 e. The maximum atomic E-state index is 11.8. The summed E-state index contributed by atoms with van der Waals surface area (Å²) in [6.45, 7) is 1.77. The Bertz CT molecular complexity index is 567. The van der Waals surface area contributed by atoms with Gasteiger partial charge < -0.3 is 16.2 Å². The third-order valence-corrected chi connectivity index (χ3v) is 2.45. The quantitative estimate of drug-likeness (QED) is 0.741. The standard InChI is InChI=1S/C11H12N4O3/c1-6(7-3-2-4-8(16)5-7)13-11(17)9-10(12)15-18-14-9/h2-6,16H,1H3,(H2,12,15)(H,13,17). The van der Waals surface area contributed by atoms with Gasteiger partial charge in [0, 0.05) is 0 Å². The van der Waals surface area contributed by atoms with Gasteiger partial charge in [-0.05, 0) is 34.9 Å². The molecule has 7 nitrogen and oxygen atoms in total. The summed E-state index contributed by atoms with van der Waals surface area (Å²) >= 11 is 0. The molecule has 1 atom stereocenters. The van der Waals surface area contributed by atoms with E-state index in [0.717, 1.165) is 5.56 Å². The van der Waals surface area contributed by atoms with Crippen LogP contribution in [0.15, 0.2) is 28.9 Å². The van der Waals surface area contributed by atoms with Crippen LogP contribution in [0.1, 0.15) is 29.0 Å². The third-order valence-electron chi connectivity index (χ3n) is 2.45. The summed E-state index contributed by atoms with van der Waals surface area (Å²) in [4.78, 5) is 11.8. The highest BCUT2D eigenvalue weighted by Crippen LogP contribution is 2.18. The molecule has 0 fully saturated rings. The largest absolute Gasteiger partial charge is 0.508 e. The van der Waals surface area contributed by atoms with E-state index in [1.165, 1.54) is 0 Å². The molecule has 0 saturated carbocycles. The number of aromatic nitrogens is 2. The topological polar surface area (TPSA) is 114 Å². The maximum absolute atomic E-state index is 11.8. The molecule has 4 N–H and O–H groups in total. The number of rotatable bonds is 3. The van der Waals surface area contributed by atoms with E-state index in [1.54, 1.807) is 31.2 Å². The van der Waals surface area contributed by atoms with E-state index < -0.39 is 5.91 Å². The number of carbonyl (C=O) groups excluding carboxylic acids is 1. The molecule has 0 spiro atoms. The molecule has 0 aliphatic carbocycles. The van der Waals surface area contributed by atoms with E-state index in [0.29, 0.717) is 0 Å². The van der Waals surface area contributed by atoms with Crippen LogP contribution < -0.4 is 11.1 Å². The molecule has 0 aliphatic rings. The Hall–Kier alpha value is -2.57. The Morgan fingerprint density at radius 1 is 1.50 bits per heavy atom. The van der Waals surface area contributed by atoms with Crippen molar-refractivity contribution in [3.63, 3.8) is 0 Å². The first-order chi connectivity index (χ1) is 8.58. The summed E-state index contributed by atoms with van der Waals surface area (Å²) in [5.74, 6) is -0.406. The molecule has 0 aliphatic heterocycles. The first kappa shape index (κ1) is 11.9. The Morgan fingerprint density at radius 3 is 2.89 bits per heavy atom. The van der Waals surface area contributed by atoms with Crippen molar-refractivity contribution in [1.82, 2.24) is 15.6 Å². The summed E-state index contributed by atoms with van der Waals surface area (Å²) in [5, 5.41) is 18.8. The highest BCUT2D eigenvalue weighted by atomic mass is 16.6. The second-order valence-corrected chi connectivity index (χ2v) is 3.79. The molecule has 7 heteroatoms. The molecule has 18 heavy (non-hydrogen) atoms. The van der Waals surface area contributed by atoms with E-state index in [2.05, 4.69) is 20.3 Å². The van der Waals surface area contributed by atoms with Crippen molar-refractivity contribution in [2.24, 2.45) is 0 Å². The van der Waals surface area contributed by atoms with Crippen molar-refractivity contribution in [1.29, 1.82) is 0 Å². The second-order valence-electron chi connectivity index (χ2n) is 3.79. The highest BCUT2D eigenvalue weighted by Gasteiger charge is 2.18. The molecule has 0 radical (unpaired) electrons. The van der Waals surface area contributed by atoms with E-state index in [1.807, 2.05) is 0 Å². The van der Waals surface area contributed by atoms with E-state index in [4.69, 9.17) is 5.73 Å². The molecule has 2 aromatic rings. The smallest absolute Gasteiger partial charge is 0.277 e. The number of hydrogen-bond donors (Lipinski definition) is 3. The Balaban J connectivity index is 2.10. The van der Waals surface area contributed by atoms with Gasteiger partial charge >= 0.3 is 0 Å². The van der Waals surface area contributed by atoms with Gasteiger partial charge in [0.25, 0.3) is 5.91 Å². The highest BCUT2D eigenvalue weighted by molar-refractivity contribution is 5.96. The molecule has 0 saturated heterocycles. The summed E-state index contributed by atoms with van der Waals surface area (Å²) in [7, 11) is 0. The minimum absolute atomic E-state index is 0.0537. The van der Waals surface area contributed by atoms with Crippen LogP contribution >= 0.6 is 0 Å². The van der Waals surface area contributed by atoms with Gasteiger partial charge in [0.2, 0.25) is 11.5 Å². The normalized spacial score (nSPS) is 12.1. The fourth-order valence-electron chi connectivity index (χ4n) is 1.50. The number of phenols is 1. The summed E-state index contributed by atoms with van der Waals surface area (Å²) in [6.07, 6.45) is 0. The average molecular weight is 248 g/mol. The third kappa shape index (κ3) is 2.40. The van der Waals surface area contributed by atoms with Crippen LogP contribution in [0.3, 0.4) is 0 Å². The molecule has 1 unspecified atom stereocenters. The lowest BCUT2D eigenvalue weighted by molar-refractivity contribution is 0.0930. The Kier molecular flexibility index (Phi) is 3.13. The van der Waals surface area contributed by atoms with Crippen LogP contribution in [0, 0.1) is 0 Å². The summed E-state index contributed by atoms with van der Waals surface area (Å²) in [5.41, 5.74) is 6.12. The average Bonchev–Trinajstić information content (AvgIpc) is 2.75. The lowest BCUT2D eigenvalue weighted by Crippen LogP contribution is -2.27. The van der Waals surface area contributed by atoms with Crippen LogP contribution in [0.5, 0.6) is 5.75 Å². The molecule has 1 aromatic heterocycles. The van der Waals surface area contributed by atoms with E-state index in [-0.39, 0.29) is 23.3 Å². The minimum atomic E-state index is -0.482. The molecule has 1 aromatic carbocycles. The van der Waals surface area contributed by atoms with Gasteiger partial charge in [-0.3, -0.25) is 4.79 Å². The molecular weight excluding hydrogens is 236 g/mol. The molecule has 2 rings (SSSR count). The zero-order valence-corrected chi connectivity index (χ0v) is 9.62. The Labute approximate surface area is 103 Å². The van der Waals surface area contributed by atoms with Gasteiger partial charge in [-0.1, -0.05) is 12.1 Å². The summed E-state index contributed by atoms with van der Waals surface area (Å²) in [6, 6.07) is 6.29. The van der Waals surface area contributed by atoms with Gasteiger partial charge in [0.15, 0.2) is 0 Å². The number of nitrogens with zero attached hydrogens (tertiary/aromatic N) is 2. The lowest BCUT2D eigenvalue weighted by Gasteiger charge is -2.13. The summed E-state index contributed by atoms with van der Waals surface area (Å²) < 4.78 is 4.35. The van der Waals surface area contributed by atoms with Crippen LogP contribution in [0.25, 0.3) is 0 Å². The van der Waals surface area contributed by atoms with Crippen molar-refractivity contribution in [3.05, 3.63) is 35.5 Å². The number of nitrogen functional groups attached to an aromatic ring is 1. The first-order valence-electron chi connectivity index (χ1n) is 5.25. The van der Waals surface area contributed by atoms with Gasteiger partial charge in [0.1, 0.15) is 5.75 Å². The van der Waals surface area contributed by atoms with E-state index in [9.17, 15) is 9.90 Å². The van der Waals surface area contributed by atoms with Crippen molar-refractivity contribution in [2.45, 2.75) is 13.0 Å². The number of nitrogens with one attached hydrogen (secondary N) is 1. The molecule has 0 bridgehead atoms. The SMILES string of the molecule is CC(NC(=O)c1nonc1N)c1cccc(O)c1. The minimum Gasteiger partial charge on any atom is -0.508 e. The molecular formula is C11H12N4O3. The molecule has 1 amide bonds. The lowest BCUT2D eigenvalue weighted by atomic mass is 10.1. The van der Waals surface area contributed by atoms with E-state index >= 15 is 0 Å². The van der Waals surface area contributed by atoms with Gasteiger partial charge in [-0.25, -0.2) is 4.63 Å². The monoisotopic (exact) mass is 248 g/mol. The van der Waals surface area contributed by atoms with Crippen LogP contribution in [-0.2, 0) is 0 Å². The van der Waals surface area contributed by atoms with Gasteiger partial charge in [-0.15, -0.1) is 0 Å². The van der Waals surface area contributed by atoms with Gasteiger partial charge in [-0.2, -0.15) is 0 Å². The van der Waals surface area contributed by atoms with Crippen molar-refractivity contribution < 1.29 is 14.5 Å².